The van der Waals surface area contributed by atoms with Crippen LogP contribution in [0.2, 0.25) is 5.02 Å². The van der Waals surface area contributed by atoms with E-state index >= 15 is 0 Å². The maximum absolute atomic E-state index is 11.9. The van der Waals surface area contributed by atoms with Crippen molar-refractivity contribution in [2.24, 2.45) is 5.10 Å². The first-order valence-corrected chi connectivity index (χ1v) is 7.82. The second-order valence-electron chi connectivity index (χ2n) is 5.45. The van der Waals surface area contributed by atoms with E-state index in [0.717, 1.165) is 23.4 Å². The molecule has 2 rings (SSSR count). The van der Waals surface area contributed by atoms with E-state index in [4.69, 9.17) is 16.3 Å². The molecule has 0 aliphatic heterocycles. The molecule has 0 spiro atoms. The maximum atomic E-state index is 11.9. The van der Waals surface area contributed by atoms with Crippen LogP contribution in [0.15, 0.2) is 35.4 Å². The third-order valence-corrected chi connectivity index (χ3v) is 3.57. The van der Waals surface area contributed by atoms with Gasteiger partial charge in [0.2, 0.25) is 0 Å². The fourth-order valence-corrected chi connectivity index (χ4v) is 2.26. The first-order valence-electron chi connectivity index (χ1n) is 7.45. The molecule has 1 N–H and O–H groups in total. The number of hydrogen-bond acceptors (Lipinski definition) is 6. The van der Waals surface area contributed by atoms with Gasteiger partial charge in [0.25, 0.3) is 11.6 Å². The highest BCUT2D eigenvalue weighted by molar-refractivity contribution is 6.31. The molecule has 0 radical (unpaired) electrons. The predicted octanol–water partition coefficient (Wildman–Crippen LogP) is 2.47. The Hall–Kier alpha value is -3.13. The van der Waals surface area contributed by atoms with Gasteiger partial charge in [0.15, 0.2) is 6.61 Å². The quantitative estimate of drug-likeness (QED) is 0.472. The van der Waals surface area contributed by atoms with Gasteiger partial charge in [-0.3, -0.25) is 14.9 Å². The maximum Gasteiger partial charge on any atom is 0.277 e. The zero-order valence-electron chi connectivity index (χ0n) is 14.0. The molecule has 0 saturated heterocycles. The molecule has 0 fully saturated rings. The van der Waals surface area contributed by atoms with Crippen LogP contribution in [-0.2, 0) is 4.79 Å². The molecule has 2 aromatic rings. The lowest BCUT2D eigenvalue weighted by Crippen LogP contribution is -2.24. The minimum Gasteiger partial charge on any atom is -0.867 e. The van der Waals surface area contributed by atoms with Crippen LogP contribution in [-0.4, -0.2) is 23.7 Å². The van der Waals surface area contributed by atoms with Crippen molar-refractivity contribution in [3.05, 3.63) is 62.2 Å². The Balaban J connectivity index is 1.99. The standard InChI is InChI=1S/C17H16ClN3O5/c1-10-3-4-11(2)15(5-10)26-9-16(22)20-19-8-12-6-13(18)7-14(17(12)23)21(24)25/h3-8,23H,9H2,1-2H3,(H,20,22)/p-1/b19-8-. The Morgan fingerprint density at radius 3 is 2.77 bits per heavy atom. The highest BCUT2D eigenvalue weighted by Gasteiger charge is 2.11. The van der Waals surface area contributed by atoms with Gasteiger partial charge >= 0.3 is 0 Å². The molecular formula is C17H15ClN3O5-. The van der Waals surface area contributed by atoms with Crippen LogP contribution >= 0.6 is 11.6 Å². The van der Waals surface area contributed by atoms with Gasteiger partial charge in [0.05, 0.1) is 11.1 Å². The van der Waals surface area contributed by atoms with Gasteiger partial charge in [0, 0.05) is 11.1 Å². The molecule has 2 aromatic carbocycles. The van der Waals surface area contributed by atoms with E-state index in [-0.39, 0.29) is 17.2 Å². The number of halogens is 1. The van der Waals surface area contributed by atoms with E-state index in [9.17, 15) is 20.0 Å². The number of rotatable bonds is 6. The summed E-state index contributed by atoms with van der Waals surface area (Å²) in [5.74, 6) is -0.813. The number of nitro groups is 1. The van der Waals surface area contributed by atoms with E-state index < -0.39 is 22.3 Å². The third kappa shape index (κ3) is 4.93. The number of carbonyl (C=O) groups excluding carboxylic acids is 1. The average molecular weight is 377 g/mol. The lowest BCUT2D eigenvalue weighted by Gasteiger charge is -2.11. The van der Waals surface area contributed by atoms with Crippen molar-refractivity contribution in [3.8, 4) is 11.5 Å². The summed E-state index contributed by atoms with van der Waals surface area (Å²) in [6.07, 6.45) is 0.997. The van der Waals surface area contributed by atoms with Gasteiger partial charge in [-0.15, -0.1) is 0 Å². The normalized spacial score (nSPS) is 10.7. The molecule has 0 unspecified atom stereocenters. The lowest BCUT2D eigenvalue weighted by molar-refractivity contribution is -0.398. The summed E-state index contributed by atoms with van der Waals surface area (Å²) < 4.78 is 5.42. The molecule has 0 atom stereocenters. The number of nitrogens with zero attached hydrogens (tertiary/aromatic N) is 2. The Morgan fingerprint density at radius 2 is 2.08 bits per heavy atom. The van der Waals surface area contributed by atoms with Crippen molar-refractivity contribution < 1.29 is 19.6 Å². The summed E-state index contributed by atoms with van der Waals surface area (Å²) in [5, 5.41) is 26.3. The number of hydrogen-bond donors (Lipinski definition) is 1. The molecule has 1 amide bonds. The van der Waals surface area contributed by atoms with Crippen LogP contribution in [0.1, 0.15) is 16.7 Å². The molecule has 9 heteroatoms. The SMILES string of the molecule is Cc1ccc(C)c(OCC(=O)N/N=C\c2cc(Cl)cc([N+](=O)[O-])c2[O-])c1. The second-order valence-corrected chi connectivity index (χ2v) is 5.89. The summed E-state index contributed by atoms with van der Waals surface area (Å²) in [4.78, 5) is 21.7. The van der Waals surface area contributed by atoms with Gasteiger partial charge in [-0.05, 0) is 48.4 Å². The number of carbonyl (C=O) groups is 1. The number of aryl methyl sites for hydroxylation is 2. The van der Waals surface area contributed by atoms with Crippen molar-refractivity contribution in [1.29, 1.82) is 0 Å². The van der Waals surface area contributed by atoms with Crippen LogP contribution in [0.4, 0.5) is 5.69 Å². The topological polar surface area (TPSA) is 117 Å². The van der Waals surface area contributed by atoms with E-state index in [2.05, 4.69) is 10.5 Å². The van der Waals surface area contributed by atoms with E-state index in [0.29, 0.717) is 5.75 Å². The fraction of sp³-hybridized carbons (Fsp3) is 0.176. The summed E-state index contributed by atoms with van der Waals surface area (Å²) in [5.41, 5.74) is 3.29. The second kappa shape index (κ2) is 8.30. The van der Waals surface area contributed by atoms with Crippen molar-refractivity contribution in [2.45, 2.75) is 13.8 Å². The van der Waals surface area contributed by atoms with E-state index in [1.165, 1.54) is 6.07 Å². The van der Waals surface area contributed by atoms with Crippen LogP contribution < -0.4 is 15.3 Å². The number of hydrazone groups is 1. The zero-order valence-corrected chi connectivity index (χ0v) is 14.7. The average Bonchev–Trinajstić information content (AvgIpc) is 2.58. The predicted molar refractivity (Wildman–Crippen MR) is 94.7 cm³/mol. The Labute approximate surface area is 154 Å². The molecule has 0 saturated carbocycles. The van der Waals surface area contributed by atoms with E-state index in [1.54, 1.807) is 6.07 Å². The molecule has 0 aliphatic carbocycles. The Morgan fingerprint density at radius 1 is 1.35 bits per heavy atom. The largest absolute Gasteiger partial charge is 0.867 e. The monoisotopic (exact) mass is 376 g/mol. The molecular weight excluding hydrogens is 362 g/mol. The van der Waals surface area contributed by atoms with Gasteiger partial charge < -0.3 is 9.84 Å². The van der Waals surface area contributed by atoms with Crippen molar-refractivity contribution in [1.82, 2.24) is 5.43 Å². The van der Waals surface area contributed by atoms with Crippen LogP contribution in [0, 0.1) is 24.0 Å². The molecule has 8 nitrogen and oxygen atoms in total. The smallest absolute Gasteiger partial charge is 0.277 e. The van der Waals surface area contributed by atoms with Gasteiger partial charge in [-0.1, -0.05) is 23.7 Å². The number of nitrogens with one attached hydrogen (secondary N) is 1. The first kappa shape index (κ1) is 19.2. The Kier molecular flexibility index (Phi) is 6.13. The van der Waals surface area contributed by atoms with Crippen molar-refractivity contribution in [3.63, 3.8) is 0 Å². The zero-order chi connectivity index (χ0) is 19.3. The number of benzene rings is 2. The molecule has 136 valence electrons. The summed E-state index contributed by atoms with van der Waals surface area (Å²) >= 11 is 5.74. The van der Waals surface area contributed by atoms with Gasteiger partial charge in [-0.2, -0.15) is 5.10 Å². The Bertz CT molecular complexity index is 883. The van der Waals surface area contributed by atoms with Crippen LogP contribution in [0.25, 0.3) is 0 Å². The van der Waals surface area contributed by atoms with Gasteiger partial charge in [0.1, 0.15) is 5.75 Å². The molecule has 0 aliphatic rings. The number of amides is 1. The highest BCUT2D eigenvalue weighted by Crippen LogP contribution is 2.29. The molecule has 26 heavy (non-hydrogen) atoms. The molecule has 0 aromatic heterocycles. The summed E-state index contributed by atoms with van der Waals surface area (Å²) in [6, 6.07) is 7.79. The molecule has 0 bridgehead atoms. The minimum absolute atomic E-state index is 0.0160. The lowest BCUT2D eigenvalue weighted by atomic mass is 10.1. The fourth-order valence-electron chi connectivity index (χ4n) is 2.04. The van der Waals surface area contributed by atoms with Crippen molar-refractivity contribution in [2.75, 3.05) is 6.61 Å². The van der Waals surface area contributed by atoms with Crippen LogP contribution in [0.5, 0.6) is 11.5 Å². The van der Waals surface area contributed by atoms with Crippen molar-refractivity contribution >= 4 is 29.4 Å². The third-order valence-electron chi connectivity index (χ3n) is 3.35. The van der Waals surface area contributed by atoms with E-state index in [1.807, 2.05) is 26.0 Å². The van der Waals surface area contributed by atoms with Gasteiger partial charge in [-0.25, -0.2) is 5.43 Å². The van der Waals surface area contributed by atoms with Crippen LogP contribution in [0.3, 0.4) is 0 Å². The number of ether oxygens (including phenoxy) is 1. The highest BCUT2D eigenvalue weighted by atomic mass is 35.5. The summed E-state index contributed by atoms with van der Waals surface area (Å²) in [6.45, 7) is 3.48. The molecule has 0 heterocycles. The minimum atomic E-state index is -0.843. The summed E-state index contributed by atoms with van der Waals surface area (Å²) in [7, 11) is 0. The first-order chi connectivity index (χ1) is 12.3. The number of nitro benzene ring substituents is 1.